The van der Waals surface area contributed by atoms with Gasteiger partial charge in [-0.1, -0.05) is 27.2 Å². The molecule has 0 saturated carbocycles. The molecule has 0 fully saturated rings. The van der Waals surface area contributed by atoms with Gasteiger partial charge >= 0.3 is 6.18 Å². The molecule has 116 valence electrons. The molecular weight excluding hydrogens is 255 g/mol. The van der Waals surface area contributed by atoms with E-state index in [4.69, 9.17) is 0 Å². The molecule has 2 nitrogen and oxygen atoms in total. The molecule has 0 heterocycles. The first-order valence-electron chi connectivity index (χ1n) is 7.18. The van der Waals surface area contributed by atoms with Crippen LogP contribution in [0, 0.1) is 5.41 Å². The van der Waals surface area contributed by atoms with Crippen LogP contribution in [-0.4, -0.2) is 32.5 Å². The Hall–Kier alpha value is -0.290. The molecule has 0 bridgehead atoms. The largest absolute Gasteiger partial charge is 0.411 e. The average Bonchev–Trinajstić information content (AvgIpc) is 2.28. The second kappa shape index (κ2) is 9.59. The molecule has 0 spiro atoms. The van der Waals surface area contributed by atoms with Crippen LogP contribution in [0.1, 0.15) is 52.9 Å². The number of hydrogen-bond donors (Lipinski definition) is 1. The highest BCUT2D eigenvalue weighted by Crippen LogP contribution is 2.28. The van der Waals surface area contributed by atoms with Crippen molar-refractivity contribution < 1.29 is 17.9 Å². The lowest BCUT2D eigenvalue weighted by molar-refractivity contribution is -0.174. The van der Waals surface area contributed by atoms with Crippen LogP contribution >= 0.6 is 0 Å². The van der Waals surface area contributed by atoms with Gasteiger partial charge in [-0.25, -0.2) is 0 Å². The second-order valence-corrected chi connectivity index (χ2v) is 5.51. The molecule has 0 saturated heterocycles. The summed E-state index contributed by atoms with van der Waals surface area (Å²) in [4.78, 5) is 0. The van der Waals surface area contributed by atoms with Crippen LogP contribution in [0.4, 0.5) is 13.2 Å². The lowest BCUT2D eigenvalue weighted by Gasteiger charge is -2.30. The molecule has 1 N–H and O–H groups in total. The smallest absolute Gasteiger partial charge is 0.372 e. The topological polar surface area (TPSA) is 21.3 Å². The fourth-order valence-corrected chi connectivity index (χ4v) is 2.26. The van der Waals surface area contributed by atoms with Crippen LogP contribution in [0.25, 0.3) is 0 Å². The second-order valence-electron chi connectivity index (χ2n) is 5.51. The highest BCUT2D eigenvalue weighted by Gasteiger charge is 2.27. The Morgan fingerprint density at radius 1 is 1.05 bits per heavy atom. The van der Waals surface area contributed by atoms with E-state index >= 15 is 0 Å². The Balaban J connectivity index is 3.86. The van der Waals surface area contributed by atoms with Gasteiger partial charge in [-0.3, -0.25) is 0 Å². The fourth-order valence-electron chi connectivity index (χ4n) is 2.26. The van der Waals surface area contributed by atoms with E-state index in [9.17, 15) is 13.2 Å². The van der Waals surface area contributed by atoms with Crippen molar-refractivity contribution in [2.75, 3.05) is 26.3 Å². The van der Waals surface area contributed by atoms with Gasteiger partial charge < -0.3 is 10.1 Å². The van der Waals surface area contributed by atoms with Crippen molar-refractivity contribution in [2.24, 2.45) is 5.41 Å². The Bertz CT molecular complexity index is 221. The summed E-state index contributed by atoms with van der Waals surface area (Å²) in [5.74, 6) is 0. The van der Waals surface area contributed by atoms with Gasteiger partial charge in [0, 0.05) is 13.2 Å². The minimum atomic E-state index is -4.21. The quantitative estimate of drug-likeness (QED) is 0.575. The molecule has 19 heavy (non-hydrogen) atoms. The Morgan fingerprint density at radius 3 is 2.26 bits per heavy atom. The third-order valence-corrected chi connectivity index (χ3v) is 3.17. The van der Waals surface area contributed by atoms with E-state index in [2.05, 4.69) is 30.8 Å². The van der Waals surface area contributed by atoms with Crippen LogP contribution in [0.2, 0.25) is 0 Å². The molecule has 0 aromatic carbocycles. The monoisotopic (exact) mass is 283 g/mol. The number of halogens is 3. The molecule has 0 aliphatic carbocycles. The zero-order valence-corrected chi connectivity index (χ0v) is 12.4. The normalized spacial score (nSPS) is 15.5. The molecule has 1 unspecified atom stereocenters. The maximum absolute atomic E-state index is 11.9. The van der Waals surface area contributed by atoms with Crippen LogP contribution < -0.4 is 5.32 Å². The van der Waals surface area contributed by atoms with E-state index in [1.54, 1.807) is 0 Å². The summed E-state index contributed by atoms with van der Waals surface area (Å²) in [6.45, 7) is 7.42. The van der Waals surface area contributed by atoms with Gasteiger partial charge in [0.15, 0.2) is 0 Å². The Labute approximate surface area is 115 Å². The summed E-state index contributed by atoms with van der Waals surface area (Å²) in [5, 5.41) is 3.40. The highest BCUT2D eigenvalue weighted by molar-refractivity contribution is 4.76. The minimum absolute atomic E-state index is 0.158. The molecule has 0 aliphatic rings. The van der Waals surface area contributed by atoms with Gasteiger partial charge in [-0.05, 0) is 37.6 Å². The van der Waals surface area contributed by atoms with Crippen LogP contribution in [0.15, 0.2) is 0 Å². The van der Waals surface area contributed by atoms with Crippen molar-refractivity contribution in [3.05, 3.63) is 0 Å². The molecule has 1 atom stereocenters. The maximum atomic E-state index is 11.9. The predicted octanol–water partition coefficient (Wildman–Crippen LogP) is 4.15. The summed E-state index contributed by atoms with van der Waals surface area (Å²) in [6.07, 6.45) is 0.638. The first-order chi connectivity index (χ1) is 8.83. The van der Waals surface area contributed by atoms with Gasteiger partial charge in [0.05, 0.1) is 0 Å². The van der Waals surface area contributed by atoms with Crippen LogP contribution in [0.5, 0.6) is 0 Å². The molecule has 5 heteroatoms. The molecular formula is C14H28F3NO. The minimum Gasteiger partial charge on any atom is -0.372 e. The van der Waals surface area contributed by atoms with Gasteiger partial charge in [-0.2, -0.15) is 13.2 Å². The number of alkyl halides is 3. The van der Waals surface area contributed by atoms with Gasteiger partial charge in [0.25, 0.3) is 0 Å². The van der Waals surface area contributed by atoms with Gasteiger partial charge in [0.1, 0.15) is 6.61 Å². The van der Waals surface area contributed by atoms with Crippen LogP contribution in [-0.2, 0) is 4.74 Å². The third kappa shape index (κ3) is 11.3. The molecule has 0 amide bonds. The van der Waals surface area contributed by atoms with E-state index in [-0.39, 0.29) is 12.0 Å². The van der Waals surface area contributed by atoms with Gasteiger partial charge in [0.2, 0.25) is 0 Å². The van der Waals surface area contributed by atoms with Crippen molar-refractivity contribution in [3.8, 4) is 0 Å². The van der Waals surface area contributed by atoms with Gasteiger partial charge in [-0.15, -0.1) is 0 Å². The summed E-state index contributed by atoms with van der Waals surface area (Å²) in [5.41, 5.74) is 0.158. The first kappa shape index (κ1) is 18.7. The summed E-state index contributed by atoms with van der Waals surface area (Å²) < 4.78 is 40.4. The van der Waals surface area contributed by atoms with E-state index < -0.39 is 12.8 Å². The number of ether oxygens (including phenoxy) is 1. The van der Waals surface area contributed by atoms with E-state index in [0.29, 0.717) is 6.42 Å². The number of rotatable bonds is 11. The standard InChI is InChI=1S/C14H28F3NO/c1-4-7-13(3,11-18-9-5-2)8-6-10-19-12-14(15,16)17/h18H,4-12H2,1-3H3. The van der Waals surface area contributed by atoms with Crippen molar-refractivity contribution in [3.63, 3.8) is 0 Å². The highest BCUT2D eigenvalue weighted by atomic mass is 19.4. The molecule has 0 aromatic heterocycles. The summed E-state index contributed by atoms with van der Waals surface area (Å²) in [6, 6.07) is 0. The van der Waals surface area contributed by atoms with E-state index in [0.717, 1.165) is 38.8 Å². The van der Waals surface area contributed by atoms with E-state index in [1.807, 2.05) is 0 Å². The summed E-state index contributed by atoms with van der Waals surface area (Å²) in [7, 11) is 0. The molecule has 0 rings (SSSR count). The van der Waals surface area contributed by atoms with Crippen LogP contribution in [0.3, 0.4) is 0 Å². The molecule has 0 radical (unpaired) electrons. The predicted molar refractivity (Wildman–Crippen MR) is 72.3 cm³/mol. The van der Waals surface area contributed by atoms with Crippen molar-refractivity contribution >= 4 is 0 Å². The maximum Gasteiger partial charge on any atom is 0.411 e. The number of nitrogens with one attached hydrogen (secondary N) is 1. The number of hydrogen-bond acceptors (Lipinski definition) is 2. The average molecular weight is 283 g/mol. The zero-order valence-electron chi connectivity index (χ0n) is 12.4. The lowest BCUT2D eigenvalue weighted by atomic mass is 9.81. The van der Waals surface area contributed by atoms with Crippen molar-refractivity contribution in [1.82, 2.24) is 5.32 Å². The molecule has 0 aliphatic heterocycles. The summed E-state index contributed by atoms with van der Waals surface area (Å²) >= 11 is 0. The van der Waals surface area contributed by atoms with E-state index in [1.165, 1.54) is 0 Å². The Morgan fingerprint density at radius 2 is 1.74 bits per heavy atom. The SMILES string of the molecule is CCCNCC(C)(CCC)CCCOCC(F)(F)F. The lowest BCUT2D eigenvalue weighted by Crippen LogP contribution is -2.32. The Kier molecular flexibility index (Phi) is 9.44. The van der Waals surface area contributed by atoms with Crippen molar-refractivity contribution in [2.45, 2.75) is 59.1 Å². The van der Waals surface area contributed by atoms with Crippen molar-refractivity contribution in [1.29, 1.82) is 0 Å². The first-order valence-corrected chi connectivity index (χ1v) is 7.18. The molecule has 0 aromatic rings. The zero-order chi connectivity index (χ0) is 14.8. The third-order valence-electron chi connectivity index (χ3n) is 3.17. The fraction of sp³-hybridized carbons (Fsp3) is 1.00.